The van der Waals surface area contributed by atoms with Crippen LogP contribution in [0.4, 0.5) is 0 Å². The molecule has 0 aliphatic heterocycles. The van der Waals surface area contributed by atoms with E-state index in [4.69, 9.17) is 0 Å². The number of fused-ring (bicyclic) bond motifs is 1. The Morgan fingerprint density at radius 2 is 2.42 bits per heavy atom. The van der Waals surface area contributed by atoms with Gasteiger partial charge >= 0.3 is 0 Å². The van der Waals surface area contributed by atoms with Crippen molar-refractivity contribution in [2.45, 2.75) is 0 Å². The average Bonchev–Trinajstić information content (AvgIpc) is 2.46. The minimum absolute atomic E-state index is 0.177. The highest BCUT2D eigenvalue weighted by Gasteiger charge is 2.01. The first-order chi connectivity index (χ1) is 5.79. The second kappa shape index (κ2) is 2.53. The van der Waals surface area contributed by atoms with Crippen LogP contribution in [0.2, 0.25) is 0 Å². The lowest BCUT2D eigenvalue weighted by Gasteiger charge is -1.81. The smallest absolute Gasteiger partial charge is 0.249 e. The van der Waals surface area contributed by atoms with Gasteiger partial charge in [0.05, 0.1) is 10.2 Å². The van der Waals surface area contributed by atoms with E-state index in [9.17, 15) is 9.59 Å². The number of pyridine rings is 1. The summed E-state index contributed by atoms with van der Waals surface area (Å²) in [5.74, 6) is 0. The lowest BCUT2D eigenvalue weighted by atomic mass is 10.4. The lowest BCUT2D eigenvalue weighted by Crippen LogP contribution is -2.00. The number of aromatic amines is 1. The SMILES string of the molecule is O=Cc1nc2c[nH]c(=O)cc2s1. The van der Waals surface area contributed by atoms with E-state index in [1.54, 1.807) is 0 Å². The van der Waals surface area contributed by atoms with Crippen LogP contribution in [0.1, 0.15) is 9.80 Å². The molecular weight excluding hydrogens is 176 g/mol. The molecule has 0 atom stereocenters. The van der Waals surface area contributed by atoms with Crippen LogP contribution in [0.15, 0.2) is 17.1 Å². The molecule has 0 radical (unpaired) electrons. The average molecular weight is 180 g/mol. The first-order valence-electron chi connectivity index (χ1n) is 3.24. The fraction of sp³-hybridized carbons (Fsp3) is 0. The summed E-state index contributed by atoms with van der Waals surface area (Å²) in [5, 5.41) is 0.393. The number of nitrogens with one attached hydrogen (secondary N) is 1. The van der Waals surface area contributed by atoms with Crippen molar-refractivity contribution in [1.29, 1.82) is 0 Å². The molecule has 0 amide bonds. The number of carbonyl (C=O) groups excluding carboxylic acids is 1. The summed E-state index contributed by atoms with van der Waals surface area (Å²) in [5.41, 5.74) is 0.477. The Bertz CT molecular complexity index is 485. The summed E-state index contributed by atoms with van der Waals surface area (Å²) in [7, 11) is 0. The van der Waals surface area contributed by atoms with Crippen molar-refractivity contribution < 1.29 is 4.79 Å². The third kappa shape index (κ3) is 1.04. The summed E-state index contributed by atoms with van der Waals surface area (Å²) in [6, 6.07) is 1.43. The number of hydrogen-bond donors (Lipinski definition) is 1. The Morgan fingerprint density at radius 1 is 1.58 bits per heavy atom. The lowest BCUT2D eigenvalue weighted by molar-refractivity contribution is 0.112. The summed E-state index contributed by atoms with van der Waals surface area (Å²) in [4.78, 5) is 27.6. The molecule has 0 saturated heterocycles. The van der Waals surface area contributed by atoms with Crippen molar-refractivity contribution in [3.63, 3.8) is 0 Å². The fourth-order valence-corrected chi connectivity index (χ4v) is 1.71. The van der Waals surface area contributed by atoms with Crippen LogP contribution in [-0.2, 0) is 0 Å². The van der Waals surface area contributed by atoms with E-state index in [0.717, 1.165) is 4.70 Å². The zero-order valence-electron chi connectivity index (χ0n) is 5.90. The molecule has 0 fully saturated rings. The summed E-state index contributed by atoms with van der Waals surface area (Å²) >= 11 is 1.21. The zero-order valence-corrected chi connectivity index (χ0v) is 6.72. The van der Waals surface area contributed by atoms with Crippen LogP contribution in [0.25, 0.3) is 10.2 Å². The molecule has 1 N–H and O–H groups in total. The van der Waals surface area contributed by atoms with Crippen molar-refractivity contribution >= 4 is 27.8 Å². The molecule has 12 heavy (non-hydrogen) atoms. The summed E-state index contributed by atoms with van der Waals surface area (Å²) in [6.45, 7) is 0. The van der Waals surface area contributed by atoms with Crippen LogP contribution in [-0.4, -0.2) is 16.3 Å². The van der Waals surface area contributed by atoms with Crippen LogP contribution < -0.4 is 5.56 Å². The molecule has 2 aromatic heterocycles. The predicted octanol–water partition coefficient (Wildman–Crippen LogP) is 0.797. The fourth-order valence-electron chi connectivity index (χ4n) is 0.919. The standard InChI is InChI=1S/C7H4N2O2S/c10-3-7-9-4-2-8-6(11)1-5(4)12-7/h1-3H,(H,8,11). The molecule has 5 heteroatoms. The van der Waals surface area contributed by atoms with Crippen molar-refractivity contribution in [1.82, 2.24) is 9.97 Å². The number of hydrogen-bond acceptors (Lipinski definition) is 4. The third-order valence-corrected chi connectivity index (χ3v) is 2.36. The Morgan fingerprint density at radius 3 is 3.17 bits per heavy atom. The molecule has 60 valence electrons. The molecule has 0 bridgehead atoms. The first kappa shape index (κ1) is 7.17. The van der Waals surface area contributed by atoms with E-state index >= 15 is 0 Å². The van der Waals surface area contributed by atoms with Gasteiger partial charge in [-0.25, -0.2) is 4.98 Å². The Hall–Kier alpha value is -1.49. The van der Waals surface area contributed by atoms with Crippen molar-refractivity contribution in [2.24, 2.45) is 0 Å². The van der Waals surface area contributed by atoms with Crippen LogP contribution >= 0.6 is 11.3 Å². The van der Waals surface area contributed by atoms with Gasteiger partial charge in [0.1, 0.15) is 0 Å². The minimum atomic E-state index is -0.177. The second-order valence-electron chi connectivity index (χ2n) is 2.22. The Labute approximate surface area is 70.9 Å². The van der Waals surface area contributed by atoms with Gasteiger partial charge in [0.25, 0.3) is 0 Å². The van der Waals surface area contributed by atoms with Crippen LogP contribution in [0.5, 0.6) is 0 Å². The zero-order chi connectivity index (χ0) is 8.55. The molecule has 0 unspecified atom stereocenters. The number of thiazole rings is 1. The molecule has 0 aromatic carbocycles. The normalized spacial score (nSPS) is 10.3. The third-order valence-electron chi connectivity index (χ3n) is 1.41. The van der Waals surface area contributed by atoms with Gasteiger partial charge in [-0.2, -0.15) is 0 Å². The summed E-state index contributed by atoms with van der Waals surface area (Å²) in [6.07, 6.45) is 2.18. The number of rotatable bonds is 1. The van der Waals surface area contributed by atoms with E-state index in [2.05, 4.69) is 9.97 Å². The number of nitrogens with zero attached hydrogens (tertiary/aromatic N) is 1. The van der Waals surface area contributed by atoms with Gasteiger partial charge in [-0.15, -0.1) is 11.3 Å². The van der Waals surface area contributed by atoms with Gasteiger partial charge in [0.15, 0.2) is 11.3 Å². The van der Waals surface area contributed by atoms with E-state index in [0.29, 0.717) is 16.8 Å². The van der Waals surface area contributed by atoms with E-state index in [-0.39, 0.29) is 5.56 Å². The summed E-state index contributed by atoms with van der Waals surface area (Å²) < 4.78 is 0.737. The van der Waals surface area contributed by atoms with Gasteiger partial charge in [0, 0.05) is 12.3 Å². The molecule has 0 saturated carbocycles. The van der Waals surface area contributed by atoms with Crippen molar-refractivity contribution in [2.75, 3.05) is 0 Å². The second-order valence-corrected chi connectivity index (χ2v) is 3.28. The number of aromatic nitrogens is 2. The minimum Gasteiger partial charge on any atom is -0.327 e. The number of aldehydes is 1. The highest BCUT2D eigenvalue weighted by atomic mass is 32.1. The van der Waals surface area contributed by atoms with Crippen molar-refractivity contribution in [3.05, 3.63) is 27.6 Å². The quantitative estimate of drug-likeness (QED) is 0.660. The molecule has 0 aliphatic rings. The molecule has 0 aliphatic carbocycles. The molecule has 0 spiro atoms. The molecule has 2 aromatic rings. The topological polar surface area (TPSA) is 62.8 Å². The monoisotopic (exact) mass is 180 g/mol. The van der Waals surface area contributed by atoms with Gasteiger partial charge in [-0.3, -0.25) is 9.59 Å². The van der Waals surface area contributed by atoms with Crippen LogP contribution in [0.3, 0.4) is 0 Å². The molecule has 2 rings (SSSR count). The van der Waals surface area contributed by atoms with Gasteiger partial charge in [0.2, 0.25) is 5.56 Å². The van der Waals surface area contributed by atoms with Crippen LogP contribution in [0, 0.1) is 0 Å². The number of H-pyrrole nitrogens is 1. The van der Waals surface area contributed by atoms with Gasteiger partial charge in [-0.1, -0.05) is 0 Å². The van der Waals surface area contributed by atoms with E-state index < -0.39 is 0 Å². The van der Waals surface area contributed by atoms with E-state index in [1.807, 2.05) is 0 Å². The Balaban J connectivity index is 2.83. The molecule has 4 nitrogen and oxygen atoms in total. The molecular formula is C7H4N2O2S. The largest absolute Gasteiger partial charge is 0.327 e. The maximum absolute atomic E-state index is 10.8. The molecule has 2 heterocycles. The predicted molar refractivity (Wildman–Crippen MR) is 45.6 cm³/mol. The van der Waals surface area contributed by atoms with E-state index in [1.165, 1.54) is 23.6 Å². The first-order valence-corrected chi connectivity index (χ1v) is 4.06. The van der Waals surface area contributed by atoms with Gasteiger partial charge < -0.3 is 4.98 Å². The Kier molecular flexibility index (Phi) is 1.51. The maximum atomic E-state index is 10.8. The number of carbonyl (C=O) groups is 1. The van der Waals surface area contributed by atoms with Gasteiger partial charge in [-0.05, 0) is 0 Å². The highest BCUT2D eigenvalue weighted by molar-refractivity contribution is 7.19. The van der Waals surface area contributed by atoms with Crippen molar-refractivity contribution in [3.8, 4) is 0 Å². The highest BCUT2D eigenvalue weighted by Crippen LogP contribution is 2.17. The maximum Gasteiger partial charge on any atom is 0.249 e.